The molecule has 2 atom stereocenters. The van der Waals surface area contributed by atoms with Crippen LogP contribution in [0.5, 0.6) is 11.5 Å². The fourth-order valence-electron chi connectivity index (χ4n) is 2.19. The van der Waals surface area contributed by atoms with Gasteiger partial charge in [-0.3, -0.25) is 0 Å². The van der Waals surface area contributed by atoms with Crippen molar-refractivity contribution in [1.82, 2.24) is 0 Å². The van der Waals surface area contributed by atoms with Crippen LogP contribution in [0.4, 0.5) is 0 Å². The van der Waals surface area contributed by atoms with Gasteiger partial charge < -0.3 is 24.4 Å². The Kier molecular flexibility index (Phi) is 3.64. The first-order valence-corrected chi connectivity index (χ1v) is 5.80. The second kappa shape index (κ2) is 5.07. The van der Waals surface area contributed by atoms with E-state index in [1.54, 1.807) is 12.1 Å². The summed E-state index contributed by atoms with van der Waals surface area (Å²) in [5.74, 6) is -0.580. The van der Waals surface area contributed by atoms with E-state index >= 15 is 0 Å². The van der Waals surface area contributed by atoms with Gasteiger partial charge in [-0.25, -0.2) is 4.79 Å². The van der Waals surface area contributed by atoms with Crippen molar-refractivity contribution in [2.24, 2.45) is 5.92 Å². The lowest BCUT2D eigenvalue weighted by Gasteiger charge is -2.25. The van der Waals surface area contributed by atoms with Gasteiger partial charge in [-0.2, -0.15) is 0 Å². The van der Waals surface area contributed by atoms with Crippen LogP contribution in [0.15, 0.2) is 18.2 Å². The summed E-state index contributed by atoms with van der Waals surface area (Å²) in [6, 6.07) is 4.65. The first-order valence-electron chi connectivity index (χ1n) is 5.80. The highest BCUT2D eigenvalue weighted by molar-refractivity contribution is 5.83. The van der Waals surface area contributed by atoms with Crippen LogP contribution < -0.4 is 9.47 Å². The highest BCUT2D eigenvalue weighted by Gasteiger charge is 2.52. The molecule has 2 unspecified atom stereocenters. The summed E-state index contributed by atoms with van der Waals surface area (Å²) in [4.78, 5) is 11.8. The summed E-state index contributed by atoms with van der Waals surface area (Å²) >= 11 is 0. The van der Waals surface area contributed by atoms with E-state index in [2.05, 4.69) is 0 Å². The van der Waals surface area contributed by atoms with Crippen LogP contribution >= 0.6 is 0 Å². The number of ether oxygens (including phenoxy) is 3. The van der Waals surface area contributed by atoms with Crippen LogP contribution in [-0.2, 0) is 15.1 Å². The number of hydrogen-bond acceptors (Lipinski definition) is 6. The summed E-state index contributed by atoms with van der Waals surface area (Å²) in [7, 11) is 2.95. The van der Waals surface area contributed by atoms with Gasteiger partial charge in [-0.05, 0) is 17.7 Å². The van der Waals surface area contributed by atoms with Gasteiger partial charge in [0.2, 0.25) is 0 Å². The number of aliphatic hydroxyl groups excluding tert-OH is 1. The van der Waals surface area contributed by atoms with Crippen LogP contribution in [0.1, 0.15) is 5.56 Å². The minimum Gasteiger partial charge on any atom is -0.493 e. The molecule has 0 bridgehead atoms. The molecule has 1 heterocycles. The van der Waals surface area contributed by atoms with Gasteiger partial charge in [-0.1, -0.05) is 6.07 Å². The molecule has 1 aromatic rings. The molecule has 1 saturated heterocycles. The Morgan fingerprint density at radius 2 is 2.05 bits per heavy atom. The molecule has 2 rings (SSSR count). The van der Waals surface area contributed by atoms with Crippen LogP contribution in [-0.4, -0.2) is 43.6 Å². The molecule has 1 aliphatic heterocycles. The van der Waals surface area contributed by atoms with Crippen molar-refractivity contribution in [3.05, 3.63) is 23.8 Å². The molecule has 0 aliphatic carbocycles. The van der Waals surface area contributed by atoms with Crippen LogP contribution in [0.3, 0.4) is 0 Å². The van der Waals surface area contributed by atoms with E-state index < -0.39 is 17.5 Å². The molecule has 104 valence electrons. The van der Waals surface area contributed by atoms with E-state index in [1.165, 1.54) is 20.3 Å². The average molecular weight is 268 g/mol. The molecular formula is C13H16O6. The van der Waals surface area contributed by atoms with Gasteiger partial charge in [0, 0.05) is 0 Å². The third-order valence-electron chi connectivity index (χ3n) is 3.36. The minimum atomic E-state index is -1.85. The first-order chi connectivity index (χ1) is 9.07. The second-order valence-corrected chi connectivity index (χ2v) is 4.31. The number of benzene rings is 1. The molecule has 6 heteroatoms. The van der Waals surface area contributed by atoms with E-state index in [4.69, 9.17) is 14.2 Å². The Labute approximate surface area is 110 Å². The molecule has 1 aromatic carbocycles. The van der Waals surface area contributed by atoms with E-state index in [0.717, 1.165) is 0 Å². The van der Waals surface area contributed by atoms with Crippen molar-refractivity contribution < 1.29 is 29.2 Å². The van der Waals surface area contributed by atoms with Crippen molar-refractivity contribution in [1.29, 1.82) is 0 Å². The van der Waals surface area contributed by atoms with Gasteiger partial charge in [0.05, 0.1) is 26.7 Å². The fourth-order valence-corrected chi connectivity index (χ4v) is 2.19. The lowest BCUT2D eigenvalue weighted by atomic mass is 9.84. The highest BCUT2D eigenvalue weighted by Crippen LogP contribution is 2.40. The van der Waals surface area contributed by atoms with E-state index in [1.807, 2.05) is 0 Å². The van der Waals surface area contributed by atoms with Crippen LogP contribution in [0.2, 0.25) is 0 Å². The van der Waals surface area contributed by atoms with Crippen molar-refractivity contribution in [2.45, 2.75) is 5.60 Å². The van der Waals surface area contributed by atoms with Gasteiger partial charge in [0.25, 0.3) is 0 Å². The molecule has 1 aliphatic rings. The third kappa shape index (κ3) is 2.02. The molecule has 6 nitrogen and oxygen atoms in total. The van der Waals surface area contributed by atoms with Gasteiger partial charge in [0.1, 0.15) is 6.61 Å². The second-order valence-electron chi connectivity index (χ2n) is 4.31. The van der Waals surface area contributed by atoms with Crippen molar-refractivity contribution >= 4 is 5.97 Å². The van der Waals surface area contributed by atoms with Crippen molar-refractivity contribution in [2.75, 3.05) is 27.4 Å². The summed E-state index contributed by atoms with van der Waals surface area (Å²) in [5, 5.41) is 19.8. The Bertz CT molecular complexity index is 486. The molecular weight excluding hydrogens is 252 g/mol. The number of carbonyl (C=O) groups is 1. The molecule has 2 N–H and O–H groups in total. The quantitative estimate of drug-likeness (QED) is 0.751. The van der Waals surface area contributed by atoms with E-state index in [9.17, 15) is 15.0 Å². The molecule has 0 aromatic heterocycles. The van der Waals surface area contributed by atoms with Gasteiger partial charge in [0.15, 0.2) is 17.1 Å². The number of aliphatic hydroxyl groups is 2. The smallest absolute Gasteiger partial charge is 0.343 e. The summed E-state index contributed by atoms with van der Waals surface area (Å²) in [6.45, 7) is -0.364. The maximum atomic E-state index is 11.8. The number of cyclic esters (lactones) is 1. The summed E-state index contributed by atoms with van der Waals surface area (Å²) < 4.78 is 15.1. The number of methoxy groups -OCH3 is 2. The monoisotopic (exact) mass is 268 g/mol. The number of esters is 1. The largest absolute Gasteiger partial charge is 0.493 e. The predicted molar refractivity (Wildman–Crippen MR) is 65.0 cm³/mol. The average Bonchev–Trinajstić information content (AvgIpc) is 2.74. The van der Waals surface area contributed by atoms with Crippen molar-refractivity contribution in [3.8, 4) is 11.5 Å². The Morgan fingerprint density at radius 1 is 1.37 bits per heavy atom. The van der Waals surface area contributed by atoms with Crippen molar-refractivity contribution in [3.63, 3.8) is 0 Å². The number of carbonyl (C=O) groups excluding carboxylic acids is 1. The Morgan fingerprint density at radius 3 is 2.63 bits per heavy atom. The van der Waals surface area contributed by atoms with E-state index in [0.29, 0.717) is 17.1 Å². The standard InChI is InChI=1S/C13H16O6/c1-17-10-4-3-8(5-11(10)18-2)13(16)9(6-14)7-19-12(13)15/h3-5,9,14,16H,6-7H2,1-2H3. The number of rotatable bonds is 4. The predicted octanol–water partition coefficient (Wildman–Crippen LogP) is 0.0567. The SMILES string of the molecule is COc1ccc(C2(O)C(=O)OCC2CO)cc1OC. The molecule has 0 spiro atoms. The zero-order valence-electron chi connectivity index (χ0n) is 10.8. The topological polar surface area (TPSA) is 85.2 Å². The third-order valence-corrected chi connectivity index (χ3v) is 3.36. The molecule has 0 saturated carbocycles. The van der Waals surface area contributed by atoms with Gasteiger partial charge in [-0.15, -0.1) is 0 Å². The van der Waals surface area contributed by atoms with Gasteiger partial charge >= 0.3 is 5.97 Å². The maximum Gasteiger partial charge on any atom is 0.343 e. The minimum absolute atomic E-state index is 0.0137. The first kappa shape index (κ1) is 13.6. The molecule has 0 radical (unpaired) electrons. The van der Waals surface area contributed by atoms with E-state index in [-0.39, 0.29) is 13.2 Å². The molecule has 0 amide bonds. The zero-order valence-corrected chi connectivity index (χ0v) is 10.8. The Balaban J connectivity index is 2.48. The summed E-state index contributed by atoms with van der Waals surface area (Å²) in [6.07, 6.45) is 0. The van der Waals surface area contributed by atoms with Crippen LogP contribution in [0.25, 0.3) is 0 Å². The highest BCUT2D eigenvalue weighted by atomic mass is 16.6. The Hall–Kier alpha value is -1.79. The lowest BCUT2D eigenvalue weighted by molar-refractivity contribution is -0.155. The zero-order chi connectivity index (χ0) is 14.0. The number of hydrogen-bond donors (Lipinski definition) is 2. The molecule has 1 fully saturated rings. The summed E-state index contributed by atoms with van der Waals surface area (Å²) in [5.41, 5.74) is -1.54. The van der Waals surface area contributed by atoms with Crippen LogP contribution in [0, 0.1) is 5.92 Å². The lowest BCUT2D eigenvalue weighted by Crippen LogP contribution is -2.39. The fraction of sp³-hybridized carbons (Fsp3) is 0.462. The normalized spacial score (nSPS) is 26.1. The molecule has 19 heavy (non-hydrogen) atoms. The maximum absolute atomic E-state index is 11.8.